The fraction of sp³-hybridized carbons (Fsp3) is 0.174. The standard InChI is InChI=1S/C23H20N2O3S/c1-14-7-8-16(11-15(14)2)21(26)19-20(17-5-3-9-24-12-17)25(23(28)22(19)27)13-18-6-4-10-29-18/h3-12,20,26H,13H2,1-2H3/b21-19-. The van der Waals surface area contributed by atoms with Crippen molar-refractivity contribution in [3.63, 3.8) is 0 Å². The predicted octanol–water partition coefficient (Wildman–Crippen LogP) is 4.38. The Balaban J connectivity index is 1.87. The summed E-state index contributed by atoms with van der Waals surface area (Å²) in [6, 6.07) is 12.2. The van der Waals surface area contributed by atoms with Crippen LogP contribution < -0.4 is 0 Å². The number of likely N-dealkylation sites (tertiary alicyclic amines) is 1. The Kier molecular flexibility index (Phi) is 5.03. The zero-order valence-corrected chi connectivity index (χ0v) is 16.9. The number of aryl methyl sites for hydroxylation is 2. The van der Waals surface area contributed by atoms with Gasteiger partial charge in [-0.15, -0.1) is 11.3 Å². The fourth-order valence-electron chi connectivity index (χ4n) is 3.54. The first kappa shape index (κ1) is 19.1. The first-order valence-corrected chi connectivity index (χ1v) is 10.1. The van der Waals surface area contributed by atoms with Gasteiger partial charge in [-0.05, 0) is 54.1 Å². The highest BCUT2D eigenvalue weighted by atomic mass is 32.1. The van der Waals surface area contributed by atoms with Crippen molar-refractivity contribution in [1.29, 1.82) is 0 Å². The van der Waals surface area contributed by atoms with Gasteiger partial charge in [0, 0.05) is 22.8 Å². The predicted molar refractivity (Wildman–Crippen MR) is 112 cm³/mol. The van der Waals surface area contributed by atoms with E-state index in [9.17, 15) is 14.7 Å². The van der Waals surface area contributed by atoms with Crippen molar-refractivity contribution >= 4 is 28.8 Å². The molecule has 1 aliphatic heterocycles. The maximum atomic E-state index is 13.0. The number of hydrogen-bond acceptors (Lipinski definition) is 5. The number of thiophene rings is 1. The van der Waals surface area contributed by atoms with Crippen LogP contribution in [0.1, 0.15) is 33.2 Å². The van der Waals surface area contributed by atoms with E-state index < -0.39 is 17.7 Å². The molecule has 0 saturated carbocycles. The maximum Gasteiger partial charge on any atom is 0.295 e. The van der Waals surface area contributed by atoms with Gasteiger partial charge in [-0.3, -0.25) is 14.6 Å². The number of carbonyl (C=O) groups is 2. The lowest BCUT2D eigenvalue weighted by Crippen LogP contribution is -2.28. The monoisotopic (exact) mass is 404 g/mol. The van der Waals surface area contributed by atoms with E-state index in [4.69, 9.17) is 0 Å². The number of hydrogen-bond donors (Lipinski definition) is 1. The van der Waals surface area contributed by atoms with Crippen molar-refractivity contribution in [2.24, 2.45) is 0 Å². The van der Waals surface area contributed by atoms with Gasteiger partial charge in [-0.2, -0.15) is 0 Å². The number of nitrogens with zero attached hydrogens (tertiary/aromatic N) is 2. The second-order valence-corrected chi connectivity index (χ2v) is 8.12. The first-order valence-electron chi connectivity index (χ1n) is 9.25. The first-order chi connectivity index (χ1) is 14.0. The van der Waals surface area contributed by atoms with E-state index in [0.29, 0.717) is 17.7 Å². The molecular formula is C23H20N2O3S. The third-order valence-electron chi connectivity index (χ3n) is 5.23. The number of carbonyl (C=O) groups excluding carboxylic acids is 2. The number of benzene rings is 1. The summed E-state index contributed by atoms with van der Waals surface area (Å²) in [5.74, 6) is -1.45. The highest BCUT2D eigenvalue weighted by Crippen LogP contribution is 2.40. The molecule has 1 fully saturated rings. The molecular weight excluding hydrogens is 384 g/mol. The van der Waals surface area contributed by atoms with Gasteiger partial charge < -0.3 is 10.0 Å². The molecule has 3 aromatic rings. The molecule has 4 rings (SSSR count). The smallest absolute Gasteiger partial charge is 0.295 e. The van der Waals surface area contributed by atoms with Crippen LogP contribution in [0.5, 0.6) is 0 Å². The summed E-state index contributed by atoms with van der Waals surface area (Å²) in [7, 11) is 0. The van der Waals surface area contributed by atoms with Crippen molar-refractivity contribution in [2.45, 2.75) is 26.4 Å². The summed E-state index contributed by atoms with van der Waals surface area (Å²) in [6.45, 7) is 4.22. The molecule has 1 amide bonds. The van der Waals surface area contributed by atoms with Crippen LogP contribution in [0.2, 0.25) is 0 Å². The molecule has 1 aromatic carbocycles. The van der Waals surface area contributed by atoms with Crippen LogP contribution in [-0.2, 0) is 16.1 Å². The average molecular weight is 404 g/mol. The third kappa shape index (κ3) is 3.47. The van der Waals surface area contributed by atoms with Crippen LogP contribution in [0.15, 0.2) is 65.8 Å². The van der Waals surface area contributed by atoms with E-state index in [1.165, 1.54) is 16.2 Å². The zero-order chi connectivity index (χ0) is 20.5. The van der Waals surface area contributed by atoms with Crippen LogP contribution in [-0.4, -0.2) is 26.7 Å². The molecule has 1 saturated heterocycles. The molecule has 5 nitrogen and oxygen atoms in total. The molecule has 0 aliphatic carbocycles. The summed E-state index contributed by atoms with van der Waals surface area (Å²) in [4.78, 5) is 32.5. The SMILES string of the molecule is Cc1ccc(/C(O)=C2/C(=O)C(=O)N(Cc3cccs3)C2c2cccnc2)cc1C. The van der Waals surface area contributed by atoms with Gasteiger partial charge in [0.1, 0.15) is 5.76 Å². The van der Waals surface area contributed by atoms with Gasteiger partial charge in [-0.25, -0.2) is 0 Å². The van der Waals surface area contributed by atoms with Crippen molar-refractivity contribution in [3.8, 4) is 0 Å². The van der Waals surface area contributed by atoms with E-state index in [1.807, 2.05) is 49.6 Å². The maximum absolute atomic E-state index is 13.0. The molecule has 3 heterocycles. The van der Waals surface area contributed by atoms with Gasteiger partial charge in [0.05, 0.1) is 18.2 Å². The molecule has 1 N–H and O–H groups in total. The van der Waals surface area contributed by atoms with Gasteiger partial charge >= 0.3 is 0 Å². The molecule has 1 aliphatic rings. The lowest BCUT2D eigenvalue weighted by atomic mass is 9.95. The van der Waals surface area contributed by atoms with Gasteiger partial charge in [0.15, 0.2) is 0 Å². The Labute approximate surface area is 173 Å². The minimum Gasteiger partial charge on any atom is -0.507 e. The topological polar surface area (TPSA) is 70.5 Å². The van der Waals surface area contributed by atoms with E-state index in [1.54, 1.807) is 24.5 Å². The molecule has 0 spiro atoms. The number of amides is 1. The van der Waals surface area contributed by atoms with E-state index in [0.717, 1.165) is 16.0 Å². The molecule has 29 heavy (non-hydrogen) atoms. The largest absolute Gasteiger partial charge is 0.507 e. The molecule has 1 atom stereocenters. The van der Waals surface area contributed by atoms with E-state index in [2.05, 4.69) is 4.98 Å². The average Bonchev–Trinajstić information content (AvgIpc) is 3.32. The normalized spacial score (nSPS) is 18.4. The molecule has 1 unspecified atom stereocenters. The van der Waals surface area contributed by atoms with Crippen LogP contribution in [0.4, 0.5) is 0 Å². The van der Waals surface area contributed by atoms with E-state index >= 15 is 0 Å². The second-order valence-electron chi connectivity index (χ2n) is 7.09. The highest BCUT2D eigenvalue weighted by molar-refractivity contribution is 7.09. The lowest BCUT2D eigenvalue weighted by Gasteiger charge is -2.24. The summed E-state index contributed by atoms with van der Waals surface area (Å²) < 4.78 is 0. The molecule has 0 bridgehead atoms. The number of rotatable bonds is 4. The molecule has 146 valence electrons. The van der Waals surface area contributed by atoms with Gasteiger partial charge in [0.25, 0.3) is 11.7 Å². The minimum atomic E-state index is -0.688. The summed E-state index contributed by atoms with van der Waals surface area (Å²) in [6.07, 6.45) is 3.27. The highest BCUT2D eigenvalue weighted by Gasteiger charge is 2.46. The van der Waals surface area contributed by atoms with Crippen molar-refractivity contribution in [2.75, 3.05) is 0 Å². The van der Waals surface area contributed by atoms with Gasteiger partial charge in [-0.1, -0.05) is 24.3 Å². The van der Waals surface area contributed by atoms with Crippen molar-refractivity contribution < 1.29 is 14.7 Å². The number of Topliss-reactive ketones (excluding diaryl/α,β-unsaturated/α-hetero) is 1. The number of aromatic nitrogens is 1. The fourth-order valence-corrected chi connectivity index (χ4v) is 4.24. The number of aliphatic hydroxyl groups excluding tert-OH is 1. The summed E-state index contributed by atoms with van der Waals surface area (Å²) in [5, 5.41) is 13.0. The van der Waals surface area contributed by atoms with Crippen LogP contribution in [0, 0.1) is 13.8 Å². The number of ketones is 1. The lowest BCUT2D eigenvalue weighted by molar-refractivity contribution is -0.140. The minimum absolute atomic E-state index is 0.0998. The molecule has 6 heteroatoms. The Hall–Kier alpha value is -3.25. The molecule has 2 aromatic heterocycles. The zero-order valence-electron chi connectivity index (χ0n) is 16.1. The van der Waals surface area contributed by atoms with Crippen molar-refractivity contribution in [3.05, 3.63) is 92.9 Å². The third-order valence-corrected chi connectivity index (χ3v) is 6.09. The summed E-state index contributed by atoms with van der Waals surface area (Å²) >= 11 is 1.52. The van der Waals surface area contributed by atoms with Crippen molar-refractivity contribution in [1.82, 2.24) is 9.88 Å². The Morgan fingerprint density at radius 3 is 2.62 bits per heavy atom. The Morgan fingerprint density at radius 2 is 1.97 bits per heavy atom. The van der Waals surface area contributed by atoms with Gasteiger partial charge in [0.2, 0.25) is 0 Å². The van der Waals surface area contributed by atoms with Crippen LogP contribution in [0.25, 0.3) is 5.76 Å². The Bertz CT molecular complexity index is 1100. The number of aliphatic hydroxyl groups is 1. The number of pyridine rings is 1. The summed E-state index contributed by atoms with van der Waals surface area (Å²) in [5.41, 5.74) is 3.40. The van der Waals surface area contributed by atoms with E-state index in [-0.39, 0.29) is 11.3 Å². The molecule has 0 radical (unpaired) electrons. The Morgan fingerprint density at radius 1 is 1.14 bits per heavy atom. The van der Waals surface area contributed by atoms with Crippen LogP contribution >= 0.6 is 11.3 Å². The second kappa shape index (κ2) is 7.64. The van der Waals surface area contributed by atoms with Crippen LogP contribution in [0.3, 0.4) is 0 Å². The quantitative estimate of drug-likeness (QED) is 0.398.